The summed E-state index contributed by atoms with van der Waals surface area (Å²) in [4.78, 5) is 0. The summed E-state index contributed by atoms with van der Waals surface area (Å²) >= 11 is 7.90. The second kappa shape index (κ2) is 5.24. The van der Waals surface area contributed by atoms with Gasteiger partial charge in [0.05, 0.1) is 0 Å². The molecule has 1 heterocycles. The van der Waals surface area contributed by atoms with Crippen LogP contribution < -0.4 is 5.32 Å². The van der Waals surface area contributed by atoms with Crippen LogP contribution in [0.1, 0.15) is 11.1 Å². The van der Waals surface area contributed by atoms with E-state index in [4.69, 9.17) is 11.6 Å². The number of hydrogen-bond acceptors (Lipinski definition) is 2. The highest BCUT2D eigenvalue weighted by Gasteiger charge is 2.00. The average Bonchev–Trinajstić information content (AvgIpc) is 2.87. The number of hydrogen-bond donors (Lipinski definition) is 1. The minimum absolute atomic E-state index is 0.787. The zero-order valence-corrected chi connectivity index (χ0v) is 12.2. The fourth-order valence-corrected chi connectivity index (χ4v) is 3.00. The highest BCUT2D eigenvalue weighted by Crippen LogP contribution is 2.24. The first-order valence-electron chi connectivity index (χ1n) is 6.18. The Bertz CT molecular complexity index is 718. The quantitative estimate of drug-likeness (QED) is 0.673. The predicted molar refractivity (Wildman–Crippen MR) is 85.3 cm³/mol. The van der Waals surface area contributed by atoms with E-state index >= 15 is 0 Å². The van der Waals surface area contributed by atoms with Gasteiger partial charge in [-0.2, -0.15) is 0 Å². The van der Waals surface area contributed by atoms with Crippen LogP contribution in [0.4, 0.5) is 5.69 Å². The Morgan fingerprint density at radius 1 is 1.11 bits per heavy atom. The first-order valence-corrected chi connectivity index (χ1v) is 7.44. The summed E-state index contributed by atoms with van der Waals surface area (Å²) in [6.45, 7) is 2.81. The maximum absolute atomic E-state index is 6.13. The Labute approximate surface area is 121 Å². The average molecular weight is 288 g/mol. The van der Waals surface area contributed by atoms with E-state index in [1.807, 2.05) is 13.0 Å². The maximum Gasteiger partial charge on any atom is 0.0438 e. The second-order valence-electron chi connectivity index (χ2n) is 4.61. The van der Waals surface area contributed by atoms with Gasteiger partial charge < -0.3 is 5.32 Å². The van der Waals surface area contributed by atoms with Crippen molar-refractivity contribution >= 4 is 38.7 Å². The molecule has 0 saturated carbocycles. The number of rotatable bonds is 3. The van der Waals surface area contributed by atoms with E-state index in [1.165, 1.54) is 15.6 Å². The van der Waals surface area contributed by atoms with Gasteiger partial charge in [0.15, 0.2) is 0 Å². The predicted octanol–water partition coefficient (Wildman–Crippen LogP) is 5.48. The van der Waals surface area contributed by atoms with Gasteiger partial charge in [-0.3, -0.25) is 0 Å². The fourth-order valence-electron chi connectivity index (χ4n) is 2.03. The molecule has 0 unspecified atom stereocenters. The van der Waals surface area contributed by atoms with Gasteiger partial charge in [-0.25, -0.2) is 0 Å². The van der Waals surface area contributed by atoms with Gasteiger partial charge in [-0.1, -0.05) is 23.7 Å². The minimum atomic E-state index is 0.787. The Morgan fingerprint density at radius 3 is 2.84 bits per heavy atom. The number of halogens is 1. The molecule has 0 radical (unpaired) electrons. The van der Waals surface area contributed by atoms with E-state index in [0.717, 1.165) is 22.8 Å². The molecule has 1 nitrogen and oxygen atoms in total. The molecular weight excluding hydrogens is 274 g/mol. The number of aryl methyl sites for hydroxylation is 1. The van der Waals surface area contributed by atoms with Gasteiger partial charge in [-0.15, -0.1) is 11.3 Å². The number of nitrogens with one attached hydrogen (secondary N) is 1. The van der Waals surface area contributed by atoms with E-state index in [0.29, 0.717) is 0 Å². The Hall–Kier alpha value is -1.51. The molecule has 3 aromatic rings. The zero-order valence-electron chi connectivity index (χ0n) is 10.6. The van der Waals surface area contributed by atoms with E-state index < -0.39 is 0 Å². The lowest BCUT2D eigenvalue weighted by atomic mass is 10.1. The standard InChI is InChI=1S/C16H14ClNS/c1-11-2-3-12(8-15(11)17)10-18-14-4-5-16-13(9-14)6-7-19-16/h2-9,18H,10H2,1H3. The van der Waals surface area contributed by atoms with E-state index in [-0.39, 0.29) is 0 Å². The molecule has 1 N–H and O–H groups in total. The van der Waals surface area contributed by atoms with E-state index in [1.54, 1.807) is 11.3 Å². The summed E-state index contributed by atoms with van der Waals surface area (Å²) in [7, 11) is 0. The first-order chi connectivity index (χ1) is 9.22. The van der Waals surface area contributed by atoms with Crippen molar-refractivity contribution in [1.82, 2.24) is 0 Å². The van der Waals surface area contributed by atoms with Gasteiger partial charge in [0.2, 0.25) is 0 Å². The van der Waals surface area contributed by atoms with Crippen molar-refractivity contribution in [2.75, 3.05) is 5.32 Å². The Kier molecular flexibility index (Phi) is 3.45. The summed E-state index contributed by atoms with van der Waals surface area (Å²) in [5.41, 5.74) is 3.45. The van der Waals surface area contributed by atoms with Gasteiger partial charge >= 0.3 is 0 Å². The summed E-state index contributed by atoms with van der Waals surface area (Å²) in [5.74, 6) is 0. The highest BCUT2D eigenvalue weighted by molar-refractivity contribution is 7.17. The normalized spacial score (nSPS) is 10.8. The lowest BCUT2D eigenvalue weighted by Gasteiger charge is -2.08. The lowest BCUT2D eigenvalue weighted by molar-refractivity contribution is 1.15. The van der Waals surface area contributed by atoms with Crippen LogP contribution in [0.15, 0.2) is 47.8 Å². The van der Waals surface area contributed by atoms with Gasteiger partial charge in [0.25, 0.3) is 0 Å². The Morgan fingerprint density at radius 2 is 2.00 bits per heavy atom. The van der Waals surface area contributed by atoms with Crippen molar-refractivity contribution in [3.8, 4) is 0 Å². The second-order valence-corrected chi connectivity index (χ2v) is 5.97. The largest absolute Gasteiger partial charge is 0.381 e. The minimum Gasteiger partial charge on any atom is -0.381 e. The van der Waals surface area contributed by atoms with E-state index in [2.05, 4.69) is 47.1 Å². The third-order valence-electron chi connectivity index (χ3n) is 3.19. The topological polar surface area (TPSA) is 12.0 Å². The van der Waals surface area contributed by atoms with Crippen LogP contribution >= 0.6 is 22.9 Å². The zero-order chi connectivity index (χ0) is 13.2. The molecule has 19 heavy (non-hydrogen) atoms. The molecule has 1 aromatic heterocycles. The fraction of sp³-hybridized carbons (Fsp3) is 0.125. The van der Waals surface area contributed by atoms with E-state index in [9.17, 15) is 0 Å². The van der Waals surface area contributed by atoms with Crippen LogP contribution in [0, 0.1) is 6.92 Å². The Balaban J connectivity index is 1.75. The summed E-state index contributed by atoms with van der Waals surface area (Å²) in [6.07, 6.45) is 0. The molecule has 96 valence electrons. The third-order valence-corrected chi connectivity index (χ3v) is 4.49. The van der Waals surface area contributed by atoms with Crippen LogP contribution in [0.3, 0.4) is 0 Å². The number of thiophene rings is 1. The summed E-state index contributed by atoms with van der Waals surface area (Å²) < 4.78 is 1.32. The van der Waals surface area contributed by atoms with Crippen molar-refractivity contribution in [1.29, 1.82) is 0 Å². The van der Waals surface area contributed by atoms with Crippen molar-refractivity contribution in [3.05, 3.63) is 64.0 Å². The molecule has 3 rings (SSSR count). The molecule has 0 aliphatic heterocycles. The molecule has 0 aliphatic rings. The number of fused-ring (bicyclic) bond motifs is 1. The van der Waals surface area contributed by atoms with Crippen LogP contribution in [0.25, 0.3) is 10.1 Å². The smallest absolute Gasteiger partial charge is 0.0438 e. The third kappa shape index (κ3) is 2.75. The van der Waals surface area contributed by atoms with Crippen molar-refractivity contribution < 1.29 is 0 Å². The van der Waals surface area contributed by atoms with Gasteiger partial charge in [0.1, 0.15) is 0 Å². The lowest BCUT2D eigenvalue weighted by Crippen LogP contribution is -1.99. The first kappa shape index (κ1) is 12.5. The molecule has 0 fully saturated rings. The van der Waals surface area contributed by atoms with Gasteiger partial charge in [0, 0.05) is 22.0 Å². The molecule has 0 saturated heterocycles. The number of anilines is 1. The molecule has 3 heteroatoms. The molecule has 0 bridgehead atoms. The summed E-state index contributed by atoms with van der Waals surface area (Å²) in [6, 6.07) is 14.8. The van der Waals surface area contributed by atoms with Crippen molar-refractivity contribution in [2.45, 2.75) is 13.5 Å². The molecule has 0 amide bonds. The van der Waals surface area contributed by atoms with Gasteiger partial charge in [-0.05, 0) is 59.1 Å². The maximum atomic E-state index is 6.13. The van der Waals surface area contributed by atoms with Crippen LogP contribution in [0.2, 0.25) is 5.02 Å². The van der Waals surface area contributed by atoms with Crippen LogP contribution in [-0.2, 0) is 6.54 Å². The molecular formula is C16H14ClNS. The SMILES string of the molecule is Cc1ccc(CNc2ccc3sccc3c2)cc1Cl. The van der Waals surface area contributed by atoms with Crippen LogP contribution in [-0.4, -0.2) is 0 Å². The molecule has 0 aliphatic carbocycles. The monoisotopic (exact) mass is 287 g/mol. The van der Waals surface area contributed by atoms with Crippen LogP contribution in [0.5, 0.6) is 0 Å². The van der Waals surface area contributed by atoms with Crippen molar-refractivity contribution in [2.24, 2.45) is 0 Å². The number of benzene rings is 2. The molecule has 0 spiro atoms. The molecule has 0 atom stereocenters. The highest BCUT2D eigenvalue weighted by atomic mass is 35.5. The van der Waals surface area contributed by atoms with Crippen molar-refractivity contribution in [3.63, 3.8) is 0 Å². The molecule has 2 aromatic carbocycles. The summed E-state index contributed by atoms with van der Waals surface area (Å²) in [5, 5.41) is 7.67.